The molecule has 2 aromatic carbocycles. The summed E-state index contributed by atoms with van der Waals surface area (Å²) in [4.78, 5) is 27.3. The molecule has 1 heterocycles. The highest BCUT2D eigenvalue weighted by Gasteiger charge is 2.46. The first-order valence-corrected chi connectivity index (χ1v) is 11.4. The molecule has 2 aromatic rings. The van der Waals surface area contributed by atoms with E-state index in [-0.39, 0.29) is 36.0 Å². The fraction of sp³-hybridized carbons (Fsp3) is 0.385. The molecule has 3 rings (SSSR count). The van der Waals surface area contributed by atoms with Gasteiger partial charge in [-0.1, -0.05) is 19.4 Å². The van der Waals surface area contributed by atoms with Crippen LogP contribution >= 0.6 is 0 Å². The summed E-state index contributed by atoms with van der Waals surface area (Å²) >= 11 is 0. The Morgan fingerprint density at radius 1 is 1.03 bits per heavy atom. The van der Waals surface area contributed by atoms with Crippen molar-refractivity contribution in [3.63, 3.8) is 0 Å². The zero-order valence-corrected chi connectivity index (χ0v) is 19.7. The number of carbonyl (C=O) groups excluding carboxylic acids is 2. The third-order valence-electron chi connectivity index (χ3n) is 5.57. The number of unbranched alkanes of at least 4 members (excludes halogenated alkanes) is 1. The number of benzene rings is 2. The summed E-state index contributed by atoms with van der Waals surface area (Å²) in [7, 11) is 1.50. The van der Waals surface area contributed by atoms with E-state index in [2.05, 4.69) is 6.92 Å². The fourth-order valence-corrected chi connectivity index (χ4v) is 3.82. The number of rotatable bonds is 11. The Hall–Kier alpha value is -3.52. The van der Waals surface area contributed by atoms with Crippen LogP contribution in [0.4, 0.5) is 0 Å². The van der Waals surface area contributed by atoms with E-state index in [1.54, 1.807) is 43.3 Å². The van der Waals surface area contributed by atoms with Gasteiger partial charge in [-0.15, -0.1) is 0 Å². The SMILES string of the molecule is CCCCOc1ccc(/C(O)=C2\C(=O)C(=O)N(CCOC)C2c2ccc(O)c(OCC)c2)cc1. The Bertz CT molecular complexity index is 1050. The highest BCUT2D eigenvalue weighted by atomic mass is 16.5. The van der Waals surface area contributed by atoms with Crippen LogP contribution in [0.2, 0.25) is 0 Å². The largest absolute Gasteiger partial charge is 0.507 e. The number of hydrogen-bond donors (Lipinski definition) is 2. The van der Waals surface area contributed by atoms with Crippen LogP contribution in [0, 0.1) is 0 Å². The molecule has 1 amide bonds. The Morgan fingerprint density at radius 2 is 1.76 bits per heavy atom. The number of hydrogen-bond acceptors (Lipinski definition) is 7. The molecule has 0 saturated carbocycles. The topological polar surface area (TPSA) is 106 Å². The molecule has 8 heteroatoms. The number of amides is 1. The Balaban J connectivity index is 2.05. The van der Waals surface area contributed by atoms with Crippen molar-refractivity contribution >= 4 is 17.4 Å². The van der Waals surface area contributed by atoms with Crippen molar-refractivity contribution in [2.24, 2.45) is 0 Å². The van der Waals surface area contributed by atoms with E-state index in [1.165, 1.54) is 18.1 Å². The Kier molecular flexibility index (Phi) is 8.54. The van der Waals surface area contributed by atoms with E-state index in [4.69, 9.17) is 14.2 Å². The lowest BCUT2D eigenvalue weighted by molar-refractivity contribution is -0.140. The van der Waals surface area contributed by atoms with Crippen LogP contribution in [-0.4, -0.2) is 60.3 Å². The molecule has 1 unspecified atom stereocenters. The number of Topliss-reactive ketones (excluding diaryl/α,β-unsaturated/α-hetero) is 1. The third kappa shape index (κ3) is 5.34. The molecular formula is C26H31NO7. The third-order valence-corrected chi connectivity index (χ3v) is 5.57. The predicted molar refractivity (Wildman–Crippen MR) is 127 cm³/mol. The number of ether oxygens (including phenoxy) is 3. The fourth-order valence-electron chi connectivity index (χ4n) is 3.82. The quantitative estimate of drug-likeness (QED) is 0.221. The second kappa shape index (κ2) is 11.6. The number of likely N-dealkylation sites (tertiary alicyclic amines) is 1. The number of nitrogens with zero attached hydrogens (tertiary/aromatic N) is 1. The highest BCUT2D eigenvalue weighted by molar-refractivity contribution is 6.46. The van der Waals surface area contributed by atoms with Gasteiger partial charge >= 0.3 is 0 Å². The number of phenolic OH excluding ortho intramolecular Hbond substituents is 1. The van der Waals surface area contributed by atoms with Crippen LogP contribution in [0.1, 0.15) is 43.9 Å². The van der Waals surface area contributed by atoms with Crippen LogP contribution in [0.15, 0.2) is 48.0 Å². The number of aromatic hydroxyl groups is 1. The molecule has 0 radical (unpaired) electrons. The van der Waals surface area contributed by atoms with Crippen LogP contribution in [0.25, 0.3) is 5.76 Å². The molecule has 1 aliphatic rings. The van der Waals surface area contributed by atoms with E-state index in [0.717, 1.165) is 12.8 Å². The summed E-state index contributed by atoms with van der Waals surface area (Å²) in [5.41, 5.74) is 0.882. The van der Waals surface area contributed by atoms with Crippen molar-refractivity contribution in [2.75, 3.05) is 33.5 Å². The minimum atomic E-state index is -0.865. The highest BCUT2D eigenvalue weighted by Crippen LogP contribution is 2.41. The lowest BCUT2D eigenvalue weighted by atomic mass is 9.95. The lowest BCUT2D eigenvalue weighted by Gasteiger charge is -2.25. The maximum Gasteiger partial charge on any atom is 0.295 e. The summed E-state index contributed by atoms with van der Waals surface area (Å²) < 4.78 is 16.3. The number of ketones is 1. The minimum absolute atomic E-state index is 0.0334. The summed E-state index contributed by atoms with van der Waals surface area (Å²) in [5, 5.41) is 21.3. The van der Waals surface area contributed by atoms with Gasteiger partial charge in [-0.25, -0.2) is 0 Å². The monoisotopic (exact) mass is 469 g/mol. The smallest absolute Gasteiger partial charge is 0.295 e. The molecule has 34 heavy (non-hydrogen) atoms. The number of phenols is 1. The van der Waals surface area contributed by atoms with Gasteiger partial charge in [0.15, 0.2) is 11.5 Å². The van der Waals surface area contributed by atoms with E-state index >= 15 is 0 Å². The number of aliphatic hydroxyl groups is 1. The molecule has 0 spiro atoms. The second-order valence-corrected chi connectivity index (χ2v) is 7.87. The molecule has 182 valence electrons. The first-order valence-electron chi connectivity index (χ1n) is 11.4. The van der Waals surface area contributed by atoms with E-state index in [9.17, 15) is 19.8 Å². The second-order valence-electron chi connectivity index (χ2n) is 7.87. The molecule has 1 fully saturated rings. The van der Waals surface area contributed by atoms with Gasteiger partial charge in [-0.05, 0) is 55.3 Å². The summed E-state index contributed by atoms with van der Waals surface area (Å²) in [6.45, 7) is 5.14. The van der Waals surface area contributed by atoms with Crippen molar-refractivity contribution in [1.29, 1.82) is 0 Å². The van der Waals surface area contributed by atoms with Gasteiger partial charge in [-0.3, -0.25) is 9.59 Å². The van der Waals surface area contributed by atoms with Gasteiger partial charge < -0.3 is 29.3 Å². The van der Waals surface area contributed by atoms with Gasteiger partial charge in [-0.2, -0.15) is 0 Å². The molecular weight excluding hydrogens is 438 g/mol. The van der Waals surface area contributed by atoms with Crippen molar-refractivity contribution in [1.82, 2.24) is 4.90 Å². The standard InChI is InChI=1S/C26H31NO7/c1-4-6-14-34-19-10-7-17(8-11-19)24(29)22-23(27(13-15-32-3)26(31)25(22)30)18-9-12-20(28)21(16-18)33-5-2/h7-12,16,23,28-29H,4-6,13-15H2,1-3H3/b24-22+. The van der Waals surface area contributed by atoms with Crippen LogP contribution < -0.4 is 9.47 Å². The normalized spacial score (nSPS) is 17.3. The number of aliphatic hydroxyl groups excluding tert-OH is 1. The zero-order chi connectivity index (χ0) is 24.7. The Labute approximate surface area is 199 Å². The van der Waals surface area contributed by atoms with Gasteiger partial charge in [0.2, 0.25) is 0 Å². The van der Waals surface area contributed by atoms with Gasteiger partial charge in [0.05, 0.1) is 31.4 Å². The molecule has 1 aliphatic heterocycles. The number of carbonyl (C=O) groups is 2. The maximum absolute atomic E-state index is 13.0. The van der Waals surface area contributed by atoms with Gasteiger partial charge in [0.1, 0.15) is 11.5 Å². The van der Waals surface area contributed by atoms with Gasteiger partial charge in [0.25, 0.3) is 11.7 Å². The minimum Gasteiger partial charge on any atom is -0.507 e. The average Bonchev–Trinajstić information content (AvgIpc) is 3.09. The average molecular weight is 470 g/mol. The molecule has 0 aliphatic carbocycles. The van der Waals surface area contributed by atoms with Crippen LogP contribution in [0.5, 0.6) is 17.2 Å². The zero-order valence-electron chi connectivity index (χ0n) is 19.7. The lowest BCUT2D eigenvalue weighted by Crippen LogP contribution is -2.32. The number of methoxy groups -OCH3 is 1. The van der Waals surface area contributed by atoms with E-state index in [0.29, 0.717) is 30.1 Å². The van der Waals surface area contributed by atoms with E-state index in [1.807, 2.05) is 0 Å². The van der Waals surface area contributed by atoms with Crippen LogP contribution in [0.3, 0.4) is 0 Å². The molecule has 1 atom stereocenters. The van der Waals surface area contributed by atoms with E-state index < -0.39 is 17.7 Å². The van der Waals surface area contributed by atoms with Crippen molar-refractivity contribution in [2.45, 2.75) is 32.7 Å². The molecule has 0 aromatic heterocycles. The predicted octanol–water partition coefficient (Wildman–Crippen LogP) is 4.04. The van der Waals surface area contributed by atoms with Crippen molar-refractivity contribution in [3.8, 4) is 17.2 Å². The summed E-state index contributed by atoms with van der Waals surface area (Å²) in [6, 6.07) is 10.5. The summed E-state index contributed by atoms with van der Waals surface area (Å²) in [6.07, 6.45) is 1.95. The first-order chi connectivity index (χ1) is 16.4. The Morgan fingerprint density at radius 3 is 2.41 bits per heavy atom. The maximum atomic E-state index is 13.0. The first kappa shape index (κ1) is 25.1. The molecule has 8 nitrogen and oxygen atoms in total. The van der Waals surface area contributed by atoms with Crippen LogP contribution in [-0.2, 0) is 14.3 Å². The molecule has 1 saturated heterocycles. The van der Waals surface area contributed by atoms with Crippen molar-refractivity contribution < 1.29 is 34.0 Å². The summed E-state index contributed by atoms with van der Waals surface area (Å²) in [5.74, 6) is -0.970. The van der Waals surface area contributed by atoms with Gasteiger partial charge in [0, 0.05) is 19.2 Å². The molecule has 2 N–H and O–H groups in total. The van der Waals surface area contributed by atoms with Crippen molar-refractivity contribution in [3.05, 3.63) is 59.2 Å². The molecule has 0 bridgehead atoms.